The second-order valence-electron chi connectivity index (χ2n) is 6.82. The maximum atomic E-state index is 12.2. The number of carbonyl (C=O) groups excluding carboxylic acids is 2. The summed E-state index contributed by atoms with van der Waals surface area (Å²) in [5, 5.41) is 3.47. The van der Waals surface area contributed by atoms with Crippen LogP contribution in [0.5, 0.6) is 0 Å². The van der Waals surface area contributed by atoms with Crippen molar-refractivity contribution in [1.82, 2.24) is 5.32 Å². The van der Waals surface area contributed by atoms with Crippen LogP contribution in [0.15, 0.2) is 30.3 Å². The fourth-order valence-corrected chi connectivity index (χ4v) is 4.35. The Labute approximate surface area is 162 Å². The van der Waals surface area contributed by atoms with Crippen molar-refractivity contribution in [2.45, 2.75) is 39.2 Å². The van der Waals surface area contributed by atoms with E-state index in [9.17, 15) is 9.59 Å². The van der Waals surface area contributed by atoms with Crippen molar-refractivity contribution in [2.24, 2.45) is 5.92 Å². The van der Waals surface area contributed by atoms with Gasteiger partial charge >= 0.3 is 5.97 Å². The third-order valence-corrected chi connectivity index (χ3v) is 6.08. The average molecular weight is 392 g/mol. The number of carbonyl (C=O) groups is 2. The van der Waals surface area contributed by atoms with E-state index in [1.54, 1.807) is 12.1 Å². The number of thiophene rings is 1. The van der Waals surface area contributed by atoms with E-state index < -0.39 is 5.97 Å². The van der Waals surface area contributed by atoms with Crippen LogP contribution in [0.25, 0.3) is 0 Å². The van der Waals surface area contributed by atoms with Gasteiger partial charge in [0.2, 0.25) is 0 Å². The fraction of sp³-hybridized carbons (Fsp3) is 0.400. The first-order chi connectivity index (χ1) is 12.4. The van der Waals surface area contributed by atoms with Crippen LogP contribution in [0, 0.1) is 5.92 Å². The van der Waals surface area contributed by atoms with Crippen molar-refractivity contribution < 1.29 is 14.3 Å². The number of ether oxygens (including phenoxy) is 1. The molecule has 1 amide bonds. The molecule has 3 rings (SSSR count). The Morgan fingerprint density at radius 1 is 1.35 bits per heavy atom. The summed E-state index contributed by atoms with van der Waals surface area (Å²) in [5.41, 5.74) is 2.19. The van der Waals surface area contributed by atoms with Crippen LogP contribution in [0.3, 0.4) is 0 Å². The topological polar surface area (TPSA) is 55.4 Å². The van der Waals surface area contributed by atoms with E-state index in [0.29, 0.717) is 15.8 Å². The standard InChI is InChI=1S/C20H22ClNO3S/c1-12-3-8-17-15(9-12)10-18(26-17)20(24)25-11-19(23)22-13(2)14-4-6-16(21)7-5-14/h4-7,10,12-13H,3,8-9,11H2,1-2H3,(H,22,23)/t12-,13+/m1/s1. The van der Waals surface area contributed by atoms with Gasteiger partial charge in [0.25, 0.3) is 5.91 Å². The lowest BCUT2D eigenvalue weighted by Crippen LogP contribution is -2.31. The van der Waals surface area contributed by atoms with Crippen LogP contribution < -0.4 is 5.32 Å². The molecule has 26 heavy (non-hydrogen) atoms. The Hall–Kier alpha value is -1.85. The number of fused-ring (bicyclic) bond motifs is 1. The molecule has 138 valence electrons. The first kappa shape index (κ1) is 18.9. The smallest absolute Gasteiger partial charge is 0.348 e. The van der Waals surface area contributed by atoms with Gasteiger partial charge in [0.05, 0.1) is 6.04 Å². The summed E-state index contributed by atoms with van der Waals surface area (Å²) in [6.07, 6.45) is 3.19. The molecule has 0 fully saturated rings. The fourth-order valence-electron chi connectivity index (χ4n) is 3.13. The van der Waals surface area contributed by atoms with Crippen LogP contribution in [0.1, 0.15) is 52.0 Å². The molecule has 0 saturated heterocycles. The van der Waals surface area contributed by atoms with E-state index in [0.717, 1.165) is 24.8 Å². The van der Waals surface area contributed by atoms with Crippen molar-refractivity contribution in [3.63, 3.8) is 0 Å². The molecule has 2 aromatic rings. The molecule has 2 atom stereocenters. The molecule has 0 bridgehead atoms. The second-order valence-corrected chi connectivity index (χ2v) is 8.40. The van der Waals surface area contributed by atoms with E-state index in [2.05, 4.69) is 12.2 Å². The molecule has 4 nitrogen and oxygen atoms in total. The van der Waals surface area contributed by atoms with Gasteiger partial charge < -0.3 is 10.1 Å². The molecule has 0 spiro atoms. The molecule has 1 aromatic heterocycles. The van der Waals surface area contributed by atoms with Gasteiger partial charge in [0, 0.05) is 9.90 Å². The van der Waals surface area contributed by atoms with Crippen molar-refractivity contribution >= 4 is 34.8 Å². The van der Waals surface area contributed by atoms with Gasteiger partial charge in [-0.1, -0.05) is 30.7 Å². The van der Waals surface area contributed by atoms with Crippen molar-refractivity contribution in [1.29, 1.82) is 0 Å². The normalized spacial score (nSPS) is 17.3. The van der Waals surface area contributed by atoms with Gasteiger partial charge in [0.1, 0.15) is 4.88 Å². The highest BCUT2D eigenvalue weighted by molar-refractivity contribution is 7.14. The number of nitrogens with one attached hydrogen (secondary N) is 1. The SMILES string of the molecule is C[C@@H]1CCc2sc(C(=O)OCC(=O)N[C@@H](C)c3ccc(Cl)cc3)cc2C1. The van der Waals surface area contributed by atoms with Crippen LogP contribution in [-0.2, 0) is 22.4 Å². The zero-order valence-corrected chi connectivity index (χ0v) is 16.5. The summed E-state index contributed by atoms with van der Waals surface area (Å²) >= 11 is 7.36. The van der Waals surface area contributed by atoms with E-state index in [-0.39, 0.29) is 18.6 Å². The summed E-state index contributed by atoms with van der Waals surface area (Å²) in [6.45, 7) is 3.82. The van der Waals surface area contributed by atoms with Crippen LogP contribution in [0.4, 0.5) is 0 Å². The molecular weight excluding hydrogens is 370 g/mol. The summed E-state index contributed by atoms with van der Waals surface area (Å²) in [7, 11) is 0. The minimum atomic E-state index is -0.425. The molecule has 1 aromatic carbocycles. The molecular formula is C20H22ClNO3S. The number of esters is 1. The molecule has 0 radical (unpaired) electrons. The van der Waals surface area contributed by atoms with Crippen molar-refractivity contribution in [2.75, 3.05) is 6.61 Å². The number of hydrogen-bond donors (Lipinski definition) is 1. The van der Waals surface area contributed by atoms with Gasteiger partial charge in [-0.25, -0.2) is 4.79 Å². The lowest BCUT2D eigenvalue weighted by atomic mass is 9.90. The van der Waals surface area contributed by atoms with Gasteiger partial charge in [-0.05, 0) is 61.4 Å². The zero-order valence-electron chi connectivity index (χ0n) is 14.9. The van der Waals surface area contributed by atoms with Crippen LogP contribution in [-0.4, -0.2) is 18.5 Å². The highest BCUT2D eigenvalue weighted by Gasteiger charge is 2.22. The van der Waals surface area contributed by atoms with Gasteiger partial charge in [-0.3, -0.25) is 4.79 Å². The predicted molar refractivity (Wildman–Crippen MR) is 104 cm³/mol. The minimum absolute atomic E-state index is 0.186. The third kappa shape index (κ3) is 4.65. The number of benzene rings is 1. The Morgan fingerprint density at radius 3 is 2.81 bits per heavy atom. The lowest BCUT2D eigenvalue weighted by Gasteiger charge is -2.16. The van der Waals surface area contributed by atoms with Gasteiger partial charge in [0.15, 0.2) is 6.61 Å². The molecule has 0 saturated carbocycles. The van der Waals surface area contributed by atoms with E-state index >= 15 is 0 Å². The maximum Gasteiger partial charge on any atom is 0.348 e. The molecule has 1 heterocycles. The first-order valence-electron chi connectivity index (χ1n) is 8.76. The Morgan fingerprint density at radius 2 is 2.08 bits per heavy atom. The third-order valence-electron chi connectivity index (χ3n) is 4.61. The average Bonchev–Trinajstić information content (AvgIpc) is 3.03. The highest BCUT2D eigenvalue weighted by atomic mass is 35.5. The lowest BCUT2D eigenvalue weighted by molar-refractivity contribution is -0.124. The molecule has 1 aliphatic rings. The van der Waals surface area contributed by atoms with Gasteiger partial charge in [-0.15, -0.1) is 11.3 Å². The monoisotopic (exact) mass is 391 g/mol. The highest BCUT2D eigenvalue weighted by Crippen LogP contribution is 2.32. The Kier molecular flexibility index (Phi) is 5.99. The van der Waals surface area contributed by atoms with Crippen LogP contribution >= 0.6 is 22.9 Å². The molecule has 1 N–H and O–H groups in total. The summed E-state index contributed by atoms with van der Waals surface area (Å²) in [5.74, 6) is -0.0943. The minimum Gasteiger partial charge on any atom is -0.451 e. The Bertz CT molecular complexity index is 800. The zero-order chi connectivity index (χ0) is 18.7. The maximum absolute atomic E-state index is 12.2. The number of amides is 1. The van der Waals surface area contributed by atoms with E-state index in [1.165, 1.54) is 21.8 Å². The number of aryl methyl sites for hydroxylation is 1. The van der Waals surface area contributed by atoms with Crippen molar-refractivity contribution in [3.05, 3.63) is 56.2 Å². The summed E-state index contributed by atoms with van der Waals surface area (Å²) < 4.78 is 5.19. The van der Waals surface area contributed by atoms with E-state index in [4.69, 9.17) is 16.3 Å². The second kappa shape index (κ2) is 8.23. The number of hydrogen-bond acceptors (Lipinski definition) is 4. The Balaban J connectivity index is 1.51. The van der Waals surface area contributed by atoms with Gasteiger partial charge in [-0.2, -0.15) is 0 Å². The molecule has 6 heteroatoms. The first-order valence-corrected chi connectivity index (χ1v) is 9.95. The van der Waals surface area contributed by atoms with Crippen LogP contribution in [0.2, 0.25) is 5.02 Å². The largest absolute Gasteiger partial charge is 0.451 e. The molecule has 1 aliphatic carbocycles. The molecule has 0 aliphatic heterocycles. The quantitative estimate of drug-likeness (QED) is 0.760. The number of halogens is 1. The summed E-state index contributed by atoms with van der Waals surface area (Å²) in [4.78, 5) is 26.2. The molecule has 0 unspecified atom stereocenters. The predicted octanol–water partition coefficient (Wildman–Crippen LogP) is 4.56. The summed E-state index contributed by atoms with van der Waals surface area (Å²) in [6, 6.07) is 9.01. The van der Waals surface area contributed by atoms with E-state index in [1.807, 2.05) is 25.1 Å². The van der Waals surface area contributed by atoms with Crippen molar-refractivity contribution in [3.8, 4) is 0 Å². The number of rotatable bonds is 5.